The second-order valence-corrected chi connectivity index (χ2v) is 7.50. The predicted molar refractivity (Wildman–Crippen MR) is 103 cm³/mol. The molecule has 0 aliphatic heterocycles. The van der Waals surface area contributed by atoms with Crippen molar-refractivity contribution in [3.63, 3.8) is 0 Å². The maximum Gasteiger partial charge on any atom is 0.163 e. The summed E-state index contributed by atoms with van der Waals surface area (Å²) >= 11 is 6.12. The first-order chi connectivity index (χ1) is 11.9. The van der Waals surface area contributed by atoms with Crippen LogP contribution in [-0.2, 0) is 0 Å². The number of hydrogen-bond acceptors (Lipinski definition) is 5. The Kier molecular flexibility index (Phi) is 5.25. The minimum absolute atomic E-state index is 0.00000278. The standard InChI is InChI=1S/C19H25ClN4O/c1-12(25)15-11-21-16-9-10-17(20)22-18(16)19(15)24(4)14-7-5-13(6-8-14)23(2)3/h9-11,13-14H,5-8H2,1-4H3/t13-,14-. The molecular weight excluding hydrogens is 336 g/mol. The number of rotatable bonds is 4. The second kappa shape index (κ2) is 7.26. The zero-order valence-electron chi connectivity index (χ0n) is 15.3. The molecule has 1 saturated carbocycles. The molecule has 2 aromatic rings. The lowest BCUT2D eigenvalue weighted by molar-refractivity contribution is 0.101. The summed E-state index contributed by atoms with van der Waals surface area (Å²) in [5.41, 5.74) is 2.93. The van der Waals surface area contributed by atoms with Crippen LogP contribution in [0.2, 0.25) is 5.15 Å². The largest absolute Gasteiger partial charge is 0.369 e. The summed E-state index contributed by atoms with van der Waals surface area (Å²) in [6.07, 6.45) is 6.18. The van der Waals surface area contributed by atoms with Gasteiger partial charge in [-0.05, 0) is 58.8 Å². The average molecular weight is 361 g/mol. The molecule has 5 nitrogen and oxygen atoms in total. The van der Waals surface area contributed by atoms with Gasteiger partial charge in [0.15, 0.2) is 5.78 Å². The van der Waals surface area contributed by atoms with Gasteiger partial charge in [-0.25, -0.2) is 4.98 Å². The number of carbonyl (C=O) groups is 1. The first kappa shape index (κ1) is 18.1. The molecule has 3 rings (SSSR count). The summed E-state index contributed by atoms with van der Waals surface area (Å²) < 4.78 is 0. The SMILES string of the molecule is CC(=O)c1cnc2ccc(Cl)nc2c1N(C)[C@H]1CC[C@H](N(C)C)CC1. The number of aromatic nitrogens is 2. The van der Waals surface area contributed by atoms with Gasteiger partial charge in [-0.15, -0.1) is 0 Å². The van der Waals surface area contributed by atoms with E-state index in [9.17, 15) is 4.79 Å². The summed E-state index contributed by atoms with van der Waals surface area (Å²) in [5.74, 6) is 0.00000278. The summed E-state index contributed by atoms with van der Waals surface area (Å²) in [7, 11) is 6.35. The number of Topliss-reactive ketones (excluding diaryl/α,β-unsaturated/α-hetero) is 1. The molecular formula is C19H25ClN4O. The monoisotopic (exact) mass is 360 g/mol. The Morgan fingerprint density at radius 1 is 1.12 bits per heavy atom. The Hall–Kier alpha value is -1.72. The highest BCUT2D eigenvalue weighted by molar-refractivity contribution is 6.30. The molecule has 0 N–H and O–H groups in total. The van der Waals surface area contributed by atoms with Gasteiger partial charge < -0.3 is 9.80 Å². The fourth-order valence-electron chi connectivity index (χ4n) is 3.79. The van der Waals surface area contributed by atoms with Crippen molar-refractivity contribution in [2.75, 3.05) is 26.0 Å². The highest BCUT2D eigenvalue weighted by atomic mass is 35.5. The van der Waals surface area contributed by atoms with E-state index in [1.54, 1.807) is 19.2 Å². The number of hydrogen-bond donors (Lipinski definition) is 0. The van der Waals surface area contributed by atoms with Crippen molar-refractivity contribution in [1.29, 1.82) is 0 Å². The topological polar surface area (TPSA) is 49.3 Å². The van der Waals surface area contributed by atoms with Crippen molar-refractivity contribution in [2.24, 2.45) is 0 Å². The van der Waals surface area contributed by atoms with E-state index in [1.807, 2.05) is 6.07 Å². The first-order valence-electron chi connectivity index (χ1n) is 8.74. The maximum atomic E-state index is 12.2. The third-order valence-corrected chi connectivity index (χ3v) is 5.54. The van der Waals surface area contributed by atoms with Crippen molar-refractivity contribution < 1.29 is 4.79 Å². The Morgan fingerprint density at radius 2 is 1.76 bits per heavy atom. The molecule has 134 valence electrons. The van der Waals surface area contributed by atoms with E-state index in [1.165, 1.54) is 0 Å². The van der Waals surface area contributed by atoms with Crippen LogP contribution in [0.25, 0.3) is 11.0 Å². The van der Waals surface area contributed by atoms with Crippen molar-refractivity contribution >= 4 is 34.1 Å². The zero-order chi connectivity index (χ0) is 18.1. The third kappa shape index (κ3) is 3.62. The zero-order valence-corrected chi connectivity index (χ0v) is 16.0. The fourth-order valence-corrected chi connectivity index (χ4v) is 3.94. The molecule has 0 unspecified atom stereocenters. The lowest BCUT2D eigenvalue weighted by Gasteiger charge is -2.38. The second-order valence-electron chi connectivity index (χ2n) is 7.12. The molecule has 0 amide bonds. The van der Waals surface area contributed by atoms with Gasteiger partial charge in [0.05, 0.1) is 16.8 Å². The minimum atomic E-state index is 0.00000278. The molecule has 25 heavy (non-hydrogen) atoms. The van der Waals surface area contributed by atoms with Crippen LogP contribution >= 0.6 is 11.6 Å². The number of pyridine rings is 2. The molecule has 0 bridgehead atoms. The normalized spacial score (nSPS) is 20.9. The molecule has 1 aliphatic carbocycles. The van der Waals surface area contributed by atoms with Crippen LogP contribution in [0.1, 0.15) is 43.0 Å². The van der Waals surface area contributed by atoms with Crippen molar-refractivity contribution in [2.45, 2.75) is 44.7 Å². The molecule has 1 fully saturated rings. The number of halogens is 1. The molecule has 0 spiro atoms. The van der Waals surface area contributed by atoms with Gasteiger partial charge in [-0.1, -0.05) is 11.6 Å². The number of ketones is 1. The van der Waals surface area contributed by atoms with Crippen LogP contribution in [0, 0.1) is 0 Å². The molecule has 2 heterocycles. The van der Waals surface area contributed by atoms with Gasteiger partial charge in [-0.2, -0.15) is 0 Å². The lowest BCUT2D eigenvalue weighted by Crippen LogP contribution is -2.41. The van der Waals surface area contributed by atoms with Gasteiger partial charge in [0, 0.05) is 25.3 Å². The summed E-state index contributed by atoms with van der Waals surface area (Å²) in [5, 5.41) is 0.418. The molecule has 0 saturated heterocycles. The van der Waals surface area contributed by atoms with Crippen LogP contribution in [0.3, 0.4) is 0 Å². The smallest absolute Gasteiger partial charge is 0.163 e. The Balaban J connectivity index is 2.00. The van der Waals surface area contributed by atoms with Gasteiger partial charge in [-0.3, -0.25) is 9.78 Å². The van der Waals surface area contributed by atoms with Crippen LogP contribution in [0.4, 0.5) is 5.69 Å². The Morgan fingerprint density at radius 3 is 2.36 bits per heavy atom. The van der Waals surface area contributed by atoms with Crippen molar-refractivity contribution in [3.8, 4) is 0 Å². The summed E-state index contributed by atoms with van der Waals surface area (Å²) in [4.78, 5) is 25.6. The van der Waals surface area contributed by atoms with Gasteiger partial charge >= 0.3 is 0 Å². The average Bonchev–Trinajstić information content (AvgIpc) is 2.60. The predicted octanol–water partition coefficient (Wildman–Crippen LogP) is 3.79. The highest BCUT2D eigenvalue weighted by Gasteiger charge is 2.28. The number of anilines is 1. The third-order valence-electron chi connectivity index (χ3n) is 5.33. The number of fused-ring (bicyclic) bond motifs is 1. The first-order valence-corrected chi connectivity index (χ1v) is 9.11. The van der Waals surface area contributed by atoms with E-state index < -0.39 is 0 Å². The van der Waals surface area contributed by atoms with Crippen LogP contribution in [0.15, 0.2) is 18.3 Å². The molecule has 0 aromatic carbocycles. The van der Waals surface area contributed by atoms with E-state index in [0.717, 1.165) is 36.9 Å². The highest BCUT2D eigenvalue weighted by Crippen LogP contribution is 2.34. The van der Waals surface area contributed by atoms with E-state index in [0.29, 0.717) is 28.3 Å². The van der Waals surface area contributed by atoms with E-state index >= 15 is 0 Å². The van der Waals surface area contributed by atoms with E-state index in [2.05, 4.69) is 40.9 Å². The Bertz CT molecular complexity index is 784. The van der Waals surface area contributed by atoms with Crippen LogP contribution in [-0.4, -0.2) is 53.9 Å². The van der Waals surface area contributed by atoms with Crippen LogP contribution in [0.5, 0.6) is 0 Å². The molecule has 6 heteroatoms. The molecule has 1 aliphatic rings. The van der Waals surface area contributed by atoms with Crippen molar-refractivity contribution in [3.05, 3.63) is 29.0 Å². The Labute approximate surface area is 154 Å². The van der Waals surface area contributed by atoms with E-state index in [-0.39, 0.29) is 5.78 Å². The van der Waals surface area contributed by atoms with Gasteiger partial charge in [0.25, 0.3) is 0 Å². The van der Waals surface area contributed by atoms with Crippen molar-refractivity contribution in [1.82, 2.24) is 14.9 Å². The fraction of sp³-hybridized carbons (Fsp3) is 0.526. The molecule has 0 radical (unpaired) electrons. The summed E-state index contributed by atoms with van der Waals surface area (Å²) in [6, 6.07) is 4.62. The molecule has 2 aromatic heterocycles. The number of nitrogens with zero attached hydrogens (tertiary/aromatic N) is 4. The summed E-state index contributed by atoms with van der Waals surface area (Å²) in [6.45, 7) is 1.58. The lowest BCUT2D eigenvalue weighted by atomic mass is 9.89. The quantitative estimate of drug-likeness (QED) is 0.613. The minimum Gasteiger partial charge on any atom is -0.369 e. The van der Waals surface area contributed by atoms with Gasteiger partial charge in [0.1, 0.15) is 10.7 Å². The maximum absolute atomic E-state index is 12.2. The molecule has 0 atom stereocenters. The van der Waals surface area contributed by atoms with Gasteiger partial charge in [0.2, 0.25) is 0 Å². The van der Waals surface area contributed by atoms with E-state index in [4.69, 9.17) is 11.6 Å². The number of carbonyl (C=O) groups excluding carboxylic acids is 1. The van der Waals surface area contributed by atoms with Crippen LogP contribution < -0.4 is 4.90 Å².